The van der Waals surface area contributed by atoms with E-state index in [4.69, 9.17) is 18.9 Å². The summed E-state index contributed by atoms with van der Waals surface area (Å²) in [6, 6.07) is 10.9. The number of morpholine rings is 1. The molecule has 2 atom stereocenters. The molecule has 1 aromatic heterocycles. The molecule has 3 aromatic rings. The number of halogens is 2. The molecular weight excluding hydrogens is 608 g/mol. The van der Waals surface area contributed by atoms with Gasteiger partial charge >= 0.3 is 6.16 Å². The van der Waals surface area contributed by atoms with Crippen molar-refractivity contribution >= 4 is 23.8 Å². The number of ether oxygens (including phenoxy) is 4. The predicted molar refractivity (Wildman–Crippen MR) is 159 cm³/mol. The molecule has 7 rings (SSSR count). The van der Waals surface area contributed by atoms with Gasteiger partial charge in [-0.15, -0.1) is 11.8 Å². The maximum Gasteiger partial charge on any atom is 0.511 e. The summed E-state index contributed by atoms with van der Waals surface area (Å²) in [6.07, 6.45) is 2.78. The summed E-state index contributed by atoms with van der Waals surface area (Å²) >= 11 is 1.40. The molecule has 1 aliphatic carbocycles. The molecule has 3 aliphatic heterocycles. The van der Waals surface area contributed by atoms with Crippen LogP contribution in [0.2, 0.25) is 0 Å². The Hall–Kier alpha value is -4.10. The number of hydrogen-bond acceptors (Lipinski definition) is 9. The number of nitrogens with zero attached hydrogens (tertiary/aromatic N) is 3. The third-order valence-electron chi connectivity index (χ3n) is 8.76. The Balaban J connectivity index is 1.37. The lowest BCUT2D eigenvalue weighted by molar-refractivity contribution is -0.0622. The average Bonchev–Trinajstić information content (AvgIpc) is 3.82. The first-order valence-electron chi connectivity index (χ1n) is 14.9. The Morgan fingerprint density at radius 1 is 1.09 bits per heavy atom. The molecule has 0 N–H and O–H groups in total. The van der Waals surface area contributed by atoms with Crippen LogP contribution >= 0.6 is 11.8 Å². The van der Waals surface area contributed by atoms with Gasteiger partial charge in [0.25, 0.3) is 5.91 Å². The first-order chi connectivity index (χ1) is 21.8. The smallest absolute Gasteiger partial charge is 0.451 e. The first kappa shape index (κ1) is 29.6. The van der Waals surface area contributed by atoms with Gasteiger partial charge in [-0.2, -0.15) is 0 Å². The molecule has 236 valence electrons. The second-order valence-electron chi connectivity index (χ2n) is 11.5. The van der Waals surface area contributed by atoms with Crippen molar-refractivity contribution in [1.82, 2.24) is 9.58 Å². The molecular formula is C32H31F2N3O7S. The molecule has 45 heavy (non-hydrogen) atoms. The second kappa shape index (κ2) is 11.7. The highest BCUT2D eigenvalue weighted by molar-refractivity contribution is 7.98. The third-order valence-corrected chi connectivity index (χ3v) is 9.88. The summed E-state index contributed by atoms with van der Waals surface area (Å²) in [4.78, 5) is 42.3. The van der Waals surface area contributed by atoms with Gasteiger partial charge in [-0.3, -0.25) is 19.3 Å². The summed E-state index contributed by atoms with van der Waals surface area (Å²) in [5.74, 6) is -2.40. The lowest BCUT2D eigenvalue weighted by atomic mass is 9.92. The van der Waals surface area contributed by atoms with Crippen molar-refractivity contribution in [2.45, 2.75) is 61.0 Å². The van der Waals surface area contributed by atoms with Gasteiger partial charge in [-0.1, -0.05) is 37.6 Å². The molecule has 4 heterocycles. The zero-order chi connectivity index (χ0) is 31.3. The van der Waals surface area contributed by atoms with Gasteiger partial charge in [0, 0.05) is 28.5 Å². The summed E-state index contributed by atoms with van der Waals surface area (Å²) in [5, 5.41) is 1.89. The third kappa shape index (κ3) is 5.02. The maximum absolute atomic E-state index is 15.5. The molecule has 0 bridgehead atoms. The van der Waals surface area contributed by atoms with Crippen LogP contribution in [0.1, 0.15) is 65.8 Å². The highest BCUT2D eigenvalue weighted by atomic mass is 32.2. The minimum Gasteiger partial charge on any atom is -0.451 e. The molecule has 0 radical (unpaired) electrons. The van der Waals surface area contributed by atoms with E-state index in [-0.39, 0.29) is 36.0 Å². The molecule has 4 aliphatic rings. The Bertz CT molecular complexity index is 1730. The standard InChI is InChI=1S/C32H31F2N3O7S/c1-2-3-14-42-31(40)44-18-43-29-23(38)10-13-35-28(29)30(39)36-25(15-41-17-32(36)11-12-32)37(35)27-19-8-9-22(33)26(34)21(19)16-45-24-7-5-4-6-20(24)27/h4-10,13,25,27H,2-3,11-12,14-18H2,1H3/t25-,27+/m1/s1. The fraction of sp³-hybridized carbons (Fsp3) is 0.406. The van der Waals surface area contributed by atoms with Crippen molar-refractivity contribution < 1.29 is 37.3 Å². The topological polar surface area (TPSA) is 99.5 Å². The van der Waals surface area contributed by atoms with Crippen LogP contribution < -0.4 is 15.2 Å². The summed E-state index contributed by atoms with van der Waals surface area (Å²) in [7, 11) is 0. The fourth-order valence-electron chi connectivity index (χ4n) is 6.41. The van der Waals surface area contributed by atoms with Gasteiger partial charge in [0.15, 0.2) is 17.3 Å². The van der Waals surface area contributed by atoms with E-state index in [9.17, 15) is 18.8 Å². The molecule has 2 fully saturated rings. The molecule has 13 heteroatoms. The van der Waals surface area contributed by atoms with Gasteiger partial charge in [-0.05, 0) is 42.5 Å². The Labute approximate surface area is 261 Å². The lowest BCUT2D eigenvalue weighted by Crippen LogP contribution is -2.70. The number of thioether (sulfide) groups is 1. The largest absolute Gasteiger partial charge is 0.511 e. The van der Waals surface area contributed by atoms with E-state index in [1.54, 1.807) is 15.6 Å². The van der Waals surface area contributed by atoms with E-state index in [1.165, 1.54) is 24.0 Å². The number of aromatic nitrogens is 1. The highest BCUT2D eigenvalue weighted by Crippen LogP contribution is 2.51. The average molecular weight is 640 g/mol. The number of fused-ring (bicyclic) bond motifs is 5. The van der Waals surface area contributed by atoms with Gasteiger partial charge in [0.2, 0.25) is 18.0 Å². The van der Waals surface area contributed by atoms with Crippen LogP contribution in [0.5, 0.6) is 5.75 Å². The Kier molecular flexibility index (Phi) is 7.68. The van der Waals surface area contributed by atoms with Crippen molar-refractivity contribution in [1.29, 1.82) is 0 Å². The number of benzene rings is 2. The number of unbranched alkanes of at least 4 members (excludes halogenated alkanes) is 1. The first-order valence-corrected chi connectivity index (χ1v) is 15.9. The van der Waals surface area contributed by atoms with Gasteiger partial charge in [0.05, 0.1) is 31.4 Å². The van der Waals surface area contributed by atoms with Crippen LogP contribution in [0.3, 0.4) is 0 Å². The van der Waals surface area contributed by atoms with Crippen LogP contribution in [0, 0.1) is 11.6 Å². The highest BCUT2D eigenvalue weighted by Gasteiger charge is 2.60. The molecule has 10 nitrogen and oxygen atoms in total. The summed E-state index contributed by atoms with van der Waals surface area (Å²) < 4.78 is 53.4. The molecule has 1 saturated heterocycles. The van der Waals surface area contributed by atoms with E-state index in [0.717, 1.165) is 22.9 Å². The van der Waals surface area contributed by atoms with E-state index < -0.39 is 53.7 Å². The zero-order valence-electron chi connectivity index (χ0n) is 24.5. The maximum atomic E-state index is 15.5. The quantitative estimate of drug-likeness (QED) is 0.199. The van der Waals surface area contributed by atoms with Crippen molar-refractivity contribution in [3.05, 3.63) is 92.9 Å². The van der Waals surface area contributed by atoms with Crippen molar-refractivity contribution in [2.75, 3.05) is 31.6 Å². The van der Waals surface area contributed by atoms with Crippen molar-refractivity contribution in [3.8, 4) is 5.75 Å². The van der Waals surface area contributed by atoms with Gasteiger partial charge in [0.1, 0.15) is 6.17 Å². The number of rotatable bonds is 7. The summed E-state index contributed by atoms with van der Waals surface area (Å²) in [6.45, 7) is 1.95. The zero-order valence-corrected chi connectivity index (χ0v) is 25.3. The molecule has 2 aromatic carbocycles. The lowest BCUT2D eigenvalue weighted by Gasteiger charge is -2.54. The van der Waals surface area contributed by atoms with E-state index in [2.05, 4.69) is 0 Å². The van der Waals surface area contributed by atoms with Crippen LogP contribution in [0.4, 0.5) is 13.6 Å². The summed E-state index contributed by atoms with van der Waals surface area (Å²) in [5.41, 5.74) is 0.343. The van der Waals surface area contributed by atoms with Crippen molar-refractivity contribution in [2.24, 2.45) is 0 Å². The van der Waals surface area contributed by atoms with E-state index in [1.807, 2.05) is 36.2 Å². The van der Waals surface area contributed by atoms with Crippen LogP contribution in [-0.4, -0.2) is 60.0 Å². The van der Waals surface area contributed by atoms with Crippen LogP contribution in [-0.2, 0) is 20.0 Å². The monoisotopic (exact) mass is 639 g/mol. The number of pyridine rings is 1. The predicted octanol–water partition coefficient (Wildman–Crippen LogP) is 5.09. The van der Waals surface area contributed by atoms with E-state index >= 15 is 4.39 Å². The van der Waals surface area contributed by atoms with Crippen molar-refractivity contribution in [3.63, 3.8) is 0 Å². The van der Waals surface area contributed by atoms with E-state index in [0.29, 0.717) is 31.4 Å². The van der Waals surface area contributed by atoms with Gasteiger partial charge in [-0.25, -0.2) is 13.6 Å². The normalized spacial score (nSPS) is 20.8. The number of carbonyl (C=O) groups is 2. The number of amides is 1. The molecule has 1 spiro atoms. The second-order valence-corrected chi connectivity index (χ2v) is 12.5. The van der Waals surface area contributed by atoms with Gasteiger partial charge < -0.3 is 23.8 Å². The van der Waals surface area contributed by atoms with Crippen LogP contribution in [0.15, 0.2) is 58.4 Å². The minimum absolute atomic E-state index is 0.0617. The minimum atomic E-state index is -0.954. The molecule has 0 unspecified atom stereocenters. The number of carbonyl (C=O) groups excluding carboxylic acids is 2. The molecule has 1 saturated carbocycles. The fourth-order valence-corrected chi connectivity index (χ4v) is 7.52. The SMILES string of the molecule is CCCCOC(=O)OCOc1c2n(ccc1=O)N([C@@H]1c3ccccc3SCc3c1ccc(F)c3F)[C@@H]1COCC3(CC3)N1C2=O. The molecule has 1 amide bonds. The van der Waals surface area contributed by atoms with Crippen LogP contribution in [0.25, 0.3) is 0 Å². The Morgan fingerprint density at radius 3 is 2.71 bits per heavy atom. The Morgan fingerprint density at radius 2 is 1.91 bits per heavy atom. The number of hydrogen-bond donors (Lipinski definition) is 0.